The Hall–Kier alpha value is -1.40. The van der Waals surface area contributed by atoms with Gasteiger partial charge < -0.3 is 15.7 Å². The summed E-state index contributed by atoms with van der Waals surface area (Å²) in [5, 5.41) is 14.1. The third-order valence-corrected chi connectivity index (χ3v) is 3.30. The Morgan fingerprint density at radius 1 is 1.37 bits per heavy atom. The maximum atomic E-state index is 11.8. The molecule has 19 heavy (non-hydrogen) atoms. The number of nitrogens with one attached hydrogen (secondary N) is 2. The predicted octanol–water partition coefficient (Wildman–Crippen LogP) is 1.07. The van der Waals surface area contributed by atoms with Gasteiger partial charge in [0, 0.05) is 4.47 Å². The normalized spacial score (nSPS) is 11.7. The van der Waals surface area contributed by atoms with E-state index < -0.39 is 0 Å². The predicted molar refractivity (Wildman–Crippen MR) is 75.8 cm³/mol. The minimum absolute atomic E-state index is 0.111. The summed E-state index contributed by atoms with van der Waals surface area (Å²) in [5.74, 6) is -0.638. The van der Waals surface area contributed by atoms with Crippen molar-refractivity contribution in [2.45, 2.75) is 19.4 Å². The number of rotatable bonds is 6. The molecule has 0 saturated carbocycles. The lowest BCUT2D eigenvalue weighted by atomic mass is 10.2. The van der Waals surface area contributed by atoms with Crippen molar-refractivity contribution >= 4 is 27.7 Å². The smallest absolute Gasteiger partial charge is 0.252 e. The summed E-state index contributed by atoms with van der Waals surface area (Å²) in [5.41, 5.74) is 0.476. The molecule has 0 aliphatic rings. The van der Waals surface area contributed by atoms with Crippen LogP contribution in [0.25, 0.3) is 0 Å². The minimum Gasteiger partial charge on any atom is -0.394 e. The van der Waals surface area contributed by atoms with E-state index in [1.807, 2.05) is 6.92 Å². The van der Waals surface area contributed by atoms with Crippen molar-refractivity contribution in [3.05, 3.63) is 34.3 Å². The molecule has 104 valence electrons. The second-order valence-corrected chi connectivity index (χ2v) is 4.87. The van der Waals surface area contributed by atoms with Crippen LogP contribution >= 0.6 is 15.9 Å². The highest BCUT2D eigenvalue weighted by molar-refractivity contribution is 9.10. The number of hydrogen-bond acceptors (Lipinski definition) is 3. The molecule has 5 nitrogen and oxygen atoms in total. The summed E-state index contributed by atoms with van der Waals surface area (Å²) in [6, 6.07) is 6.71. The van der Waals surface area contributed by atoms with Crippen LogP contribution in [-0.4, -0.2) is 36.1 Å². The fraction of sp³-hybridized carbons (Fsp3) is 0.385. The average Bonchev–Trinajstić information content (AvgIpc) is 2.42. The monoisotopic (exact) mass is 328 g/mol. The van der Waals surface area contributed by atoms with Crippen molar-refractivity contribution < 1.29 is 14.7 Å². The number of amides is 2. The van der Waals surface area contributed by atoms with E-state index in [9.17, 15) is 9.59 Å². The molecule has 0 aromatic heterocycles. The molecule has 0 fully saturated rings. The molecule has 1 aromatic carbocycles. The Morgan fingerprint density at radius 3 is 2.63 bits per heavy atom. The number of hydrogen-bond donors (Lipinski definition) is 3. The van der Waals surface area contributed by atoms with Crippen LogP contribution in [0.3, 0.4) is 0 Å². The standard InChI is InChI=1S/C13H17BrN2O3/c1-2-9(8-17)16-12(18)7-15-13(19)10-5-3-4-6-11(10)14/h3-6,9,17H,2,7-8H2,1H3,(H,15,19)(H,16,18)/t9-/m1/s1. The molecule has 3 N–H and O–H groups in total. The van der Waals surface area contributed by atoms with Crippen LogP contribution in [0.1, 0.15) is 23.7 Å². The van der Waals surface area contributed by atoms with E-state index in [2.05, 4.69) is 26.6 Å². The van der Waals surface area contributed by atoms with Crippen LogP contribution in [0.2, 0.25) is 0 Å². The Bertz CT molecular complexity index is 447. The van der Waals surface area contributed by atoms with Gasteiger partial charge >= 0.3 is 0 Å². The molecular formula is C13H17BrN2O3. The van der Waals surface area contributed by atoms with Crippen LogP contribution < -0.4 is 10.6 Å². The molecule has 0 heterocycles. The van der Waals surface area contributed by atoms with Gasteiger partial charge in [0.25, 0.3) is 5.91 Å². The highest BCUT2D eigenvalue weighted by Crippen LogP contribution is 2.15. The Morgan fingerprint density at radius 2 is 2.05 bits per heavy atom. The fourth-order valence-corrected chi connectivity index (χ4v) is 1.92. The average molecular weight is 329 g/mol. The third kappa shape index (κ3) is 5.00. The molecule has 0 saturated heterocycles. The third-order valence-electron chi connectivity index (χ3n) is 2.61. The first kappa shape index (κ1) is 15.7. The molecule has 0 spiro atoms. The SMILES string of the molecule is CC[C@H](CO)NC(=O)CNC(=O)c1ccccc1Br. The van der Waals surface area contributed by atoms with Gasteiger partial charge in [-0.25, -0.2) is 0 Å². The molecule has 1 atom stereocenters. The van der Waals surface area contributed by atoms with E-state index in [0.717, 1.165) is 0 Å². The zero-order valence-electron chi connectivity index (χ0n) is 10.6. The molecule has 2 amide bonds. The second-order valence-electron chi connectivity index (χ2n) is 4.02. The number of benzene rings is 1. The van der Waals surface area contributed by atoms with Crippen molar-refractivity contribution in [2.75, 3.05) is 13.2 Å². The lowest BCUT2D eigenvalue weighted by Gasteiger charge is -2.14. The lowest BCUT2D eigenvalue weighted by molar-refractivity contribution is -0.121. The Kier molecular flexibility index (Phi) is 6.52. The van der Waals surface area contributed by atoms with Gasteiger partial charge in [0.15, 0.2) is 0 Å². The topological polar surface area (TPSA) is 78.4 Å². The van der Waals surface area contributed by atoms with Crippen LogP contribution in [0, 0.1) is 0 Å². The maximum Gasteiger partial charge on any atom is 0.252 e. The van der Waals surface area contributed by atoms with Crippen LogP contribution in [0.5, 0.6) is 0 Å². The molecule has 0 unspecified atom stereocenters. The zero-order valence-corrected chi connectivity index (χ0v) is 12.2. The van der Waals surface area contributed by atoms with Crippen molar-refractivity contribution in [3.63, 3.8) is 0 Å². The molecule has 0 radical (unpaired) electrons. The summed E-state index contributed by atoms with van der Waals surface area (Å²) in [6.45, 7) is 1.64. The van der Waals surface area contributed by atoms with E-state index in [1.165, 1.54) is 0 Å². The molecule has 0 aliphatic carbocycles. The molecule has 1 rings (SSSR count). The summed E-state index contributed by atoms with van der Waals surface area (Å²) >= 11 is 3.27. The highest BCUT2D eigenvalue weighted by Gasteiger charge is 2.12. The van der Waals surface area contributed by atoms with Gasteiger partial charge in [-0.1, -0.05) is 19.1 Å². The van der Waals surface area contributed by atoms with Crippen molar-refractivity contribution in [1.29, 1.82) is 0 Å². The van der Waals surface area contributed by atoms with Crippen LogP contribution in [0.4, 0.5) is 0 Å². The van der Waals surface area contributed by atoms with Gasteiger partial charge in [-0.3, -0.25) is 9.59 Å². The van der Waals surface area contributed by atoms with Gasteiger partial charge in [-0.2, -0.15) is 0 Å². The minimum atomic E-state index is -0.320. The fourth-order valence-electron chi connectivity index (χ4n) is 1.46. The number of aliphatic hydroxyl groups is 1. The first-order valence-electron chi connectivity index (χ1n) is 6.01. The largest absolute Gasteiger partial charge is 0.394 e. The second kappa shape index (κ2) is 7.91. The lowest BCUT2D eigenvalue weighted by Crippen LogP contribution is -2.43. The molecule has 1 aromatic rings. The van der Waals surface area contributed by atoms with Gasteiger partial charge in [0.05, 0.1) is 24.8 Å². The van der Waals surface area contributed by atoms with Gasteiger partial charge in [-0.15, -0.1) is 0 Å². The Labute approximate surface area is 120 Å². The number of carbonyl (C=O) groups excluding carboxylic acids is 2. The van der Waals surface area contributed by atoms with Crippen LogP contribution in [0.15, 0.2) is 28.7 Å². The Balaban J connectivity index is 2.47. The quantitative estimate of drug-likeness (QED) is 0.730. The first-order valence-corrected chi connectivity index (χ1v) is 6.80. The first-order chi connectivity index (χ1) is 9.08. The summed E-state index contributed by atoms with van der Waals surface area (Å²) in [6.07, 6.45) is 0.639. The van der Waals surface area contributed by atoms with E-state index in [0.29, 0.717) is 16.5 Å². The van der Waals surface area contributed by atoms with Gasteiger partial charge in [-0.05, 0) is 34.5 Å². The maximum absolute atomic E-state index is 11.8. The molecule has 6 heteroatoms. The van der Waals surface area contributed by atoms with E-state index >= 15 is 0 Å². The number of carbonyl (C=O) groups is 2. The van der Waals surface area contributed by atoms with Gasteiger partial charge in [0.2, 0.25) is 5.91 Å². The van der Waals surface area contributed by atoms with Crippen molar-refractivity contribution in [1.82, 2.24) is 10.6 Å². The summed E-state index contributed by atoms with van der Waals surface area (Å²) in [7, 11) is 0. The van der Waals surface area contributed by atoms with Gasteiger partial charge in [0.1, 0.15) is 0 Å². The summed E-state index contributed by atoms with van der Waals surface area (Å²) in [4.78, 5) is 23.4. The molecule has 0 bridgehead atoms. The van der Waals surface area contributed by atoms with E-state index in [1.54, 1.807) is 24.3 Å². The van der Waals surface area contributed by atoms with Crippen LogP contribution in [-0.2, 0) is 4.79 Å². The number of halogens is 1. The zero-order chi connectivity index (χ0) is 14.3. The summed E-state index contributed by atoms with van der Waals surface area (Å²) < 4.78 is 0.676. The van der Waals surface area contributed by atoms with Crippen molar-refractivity contribution in [3.8, 4) is 0 Å². The van der Waals surface area contributed by atoms with E-state index in [-0.39, 0.29) is 31.0 Å². The van der Waals surface area contributed by atoms with E-state index in [4.69, 9.17) is 5.11 Å². The van der Waals surface area contributed by atoms with Crippen molar-refractivity contribution in [2.24, 2.45) is 0 Å². The number of aliphatic hydroxyl groups excluding tert-OH is 1. The molecule has 0 aliphatic heterocycles. The molecular weight excluding hydrogens is 312 g/mol. The highest BCUT2D eigenvalue weighted by atomic mass is 79.9.